The lowest BCUT2D eigenvalue weighted by molar-refractivity contribution is 0.0693. The van der Waals surface area contributed by atoms with Gasteiger partial charge in [-0.3, -0.25) is 0 Å². The summed E-state index contributed by atoms with van der Waals surface area (Å²) in [6, 6.07) is 13.5. The molecule has 0 aliphatic carbocycles. The quantitative estimate of drug-likeness (QED) is 0.330. The number of nitrogens with zero attached hydrogens (tertiary/aromatic N) is 3. The van der Waals surface area contributed by atoms with E-state index in [-0.39, 0.29) is 0 Å². The van der Waals surface area contributed by atoms with Gasteiger partial charge >= 0.3 is 5.97 Å². The average molecular weight is 497 g/mol. The molecule has 0 spiro atoms. The summed E-state index contributed by atoms with van der Waals surface area (Å²) >= 11 is 5.03. The lowest BCUT2D eigenvalue weighted by atomic mass is 10.1. The minimum absolute atomic E-state index is 0.296. The van der Waals surface area contributed by atoms with E-state index in [0.717, 1.165) is 34.5 Å². The van der Waals surface area contributed by atoms with Gasteiger partial charge in [0.05, 0.1) is 16.8 Å². The maximum atomic E-state index is 11.4. The van der Waals surface area contributed by atoms with Crippen LogP contribution in [-0.4, -0.2) is 38.4 Å². The van der Waals surface area contributed by atoms with Gasteiger partial charge in [-0.1, -0.05) is 28.1 Å². The Balaban J connectivity index is 1.51. The number of benzene rings is 2. The second kappa shape index (κ2) is 9.11. The summed E-state index contributed by atoms with van der Waals surface area (Å²) in [6.07, 6.45) is 6.31. The van der Waals surface area contributed by atoms with E-state index in [9.17, 15) is 9.90 Å². The first-order chi connectivity index (χ1) is 15.0. The van der Waals surface area contributed by atoms with Crippen molar-refractivity contribution in [2.75, 3.05) is 18.1 Å². The maximum absolute atomic E-state index is 11.4. The predicted octanol–water partition coefficient (Wildman–Crippen LogP) is 5.47. The molecule has 0 radical (unpaired) electrons. The highest BCUT2D eigenvalue weighted by molar-refractivity contribution is 9.10. The van der Waals surface area contributed by atoms with Crippen LogP contribution >= 0.6 is 27.7 Å². The van der Waals surface area contributed by atoms with Gasteiger partial charge in [-0.2, -0.15) is 0 Å². The summed E-state index contributed by atoms with van der Waals surface area (Å²) in [5.41, 5.74) is 4.39. The molecular formula is C23H21BrN4O2S. The number of hydrogen-bond donors (Lipinski definition) is 2. The summed E-state index contributed by atoms with van der Waals surface area (Å²) in [7, 11) is 2.06. The molecule has 158 valence electrons. The van der Waals surface area contributed by atoms with Crippen LogP contribution in [0, 0.1) is 0 Å². The summed E-state index contributed by atoms with van der Waals surface area (Å²) < 4.78 is 3.24. The molecule has 0 aliphatic heterocycles. The molecule has 2 N–H and O–H groups in total. The molecule has 0 fully saturated rings. The van der Waals surface area contributed by atoms with Crippen LogP contribution in [0.5, 0.6) is 0 Å². The summed E-state index contributed by atoms with van der Waals surface area (Å²) in [6.45, 7) is 0.729. The zero-order valence-electron chi connectivity index (χ0n) is 17.1. The first-order valence-corrected chi connectivity index (χ1v) is 11.7. The fraction of sp³-hybridized carbons (Fsp3) is 0.174. The molecule has 0 aliphatic rings. The predicted molar refractivity (Wildman–Crippen MR) is 129 cm³/mol. The number of carboxylic acid groups (broad SMARTS) is 1. The van der Waals surface area contributed by atoms with Crippen molar-refractivity contribution in [1.29, 1.82) is 0 Å². The average Bonchev–Trinajstić information content (AvgIpc) is 3.17. The fourth-order valence-electron chi connectivity index (χ4n) is 3.63. The van der Waals surface area contributed by atoms with Gasteiger partial charge in [-0.15, -0.1) is 11.8 Å². The van der Waals surface area contributed by atoms with Crippen LogP contribution in [0.2, 0.25) is 0 Å². The van der Waals surface area contributed by atoms with Crippen molar-refractivity contribution in [2.24, 2.45) is 7.05 Å². The minimum Gasteiger partial charge on any atom is -0.478 e. The molecule has 4 aromatic rings. The zero-order chi connectivity index (χ0) is 22.0. The Morgan fingerprint density at radius 1 is 1.19 bits per heavy atom. The van der Waals surface area contributed by atoms with E-state index in [2.05, 4.69) is 67.2 Å². The minimum atomic E-state index is -0.929. The van der Waals surface area contributed by atoms with E-state index in [0.29, 0.717) is 10.5 Å². The number of fused-ring (bicyclic) bond motifs is 1. The second-order valence-electron chi connectivity index (χ2n) is 7.08. The number of carboxylic acids is 1. The fourth-order valence-corrected chi connectivity index (χ4v) is 4.70. The van der Waals surface area contributed by atoms with Gasteiger partial charge in [-0.05, 0) is 42.5 Å². The molecule has 6 nitrogen and oxygen atoms in total. The Kier molecular flexibility index (Phi) is 6.29. The van der Waals surface area contributed by atoms with Crippen molar-refractivity contribution >= 4 is 50.4 Å². The van der Waals surface area contributed by atoms with E-state index < -0.39 is 5.97 Å². The summed E-state index contributed by atoms with van der Waals surface area (Å²) in [5, 5.41) is 13.9. The molecule has 0 unspecified atom stereocenters. The molecule has 0 amide bonds. The van der Waals surface area contributed by atoms with Crippen LogP contribution in [0.4, 0.5) is 5.82 Å². The smallest absolute Gasteiger partial charge is 0.336 e. The largest absolute Gasteiger partial charge is 0.478 e. The van der Waals surface area contributed by atoms with Crippen LogP contribution in [0.15, 0.2) is 64.4 Å². The Labute approximate surface area is 192 Å². The van der Waals surface area contributed by atoms with Crippen molar-refractivity contribution in [3.63, 3.8) is 0 Å². The van der Waals surface area contributed by atoms with Crippen molar-refractivity contribution in [3.05, 3.63) is 70.6 Å². The van der Waals surface area contributed by atoms with Gasteiger partial charge in [-0.25, -0.2) is 14.8 Å². The number of rotatable bonds is 7. The first kappa shape index (κ1) is 21.4. The van der Waals surface area contributed by atoms with E-state index in [4.69, 9.17) is 0 Å². The van der Waals surface area contributed by atoms with E-state index >= 15 is 0 Å². The highest BCUT2D eigenvalue weighted by atomic mass is 79.9. The molecule has 0 saturated heterocycles. The topological polar surface area (TPSA) is 80.0 Å². The van der Waals surface area contributed by atoms with Gasteiger partial charge in [0.25, 0.3) is 0 Å². The van der Waals surface area contributed by atoms with Crippen LogP contribution in [-0.2, 0) is 13.5 Å². The number of nitrogens with one attached hydrogen (secondary N) is 1. The third-order valence-corrected chi connectivity index (χ3v) is 6.63. The van der Waals surface area contributed by atoms with Gasteiger partial charge in [0.1, 0.15) is 12.1 Å². The molecule has 0 atom stereocenters. The Morgan fingerprint density at radius 3 is 2.81 bits per heavy atom. The molecule has 2 aromatic heterocycles. The van der Waals surface area contributed by atoms with Crippen LogP contribution in [0.25, 0.3) is 22.2 Å². The third-order valence-electron chi connectivity index (χ3n) is 5.16. The highest BCUT2D eigenvalue weighted by Gasteiger charge is 2.12. The Bertz CT molecular complexity index is 1270. The highest BCUT2D eigenvalue weighted by Crippen LogP contribution is 2.29. The number of aromatic carboxylic acids is 1. The molecule has 2 aromatic carbocycles. The Morgan fingerprint density at radius 2 is 2.03 bits per heavy atom. The van der Waals surface area contributed by atoms with E-state index in [1.807, 2.05) is 18.4 Å². The monoisotopic (exact) mass is 496 g/mol. The summed E-state index contributed by atoms with van der Waals surface area (Å²) in [5.74, 6) is -0.195. The number of hydrogen-bond acceptors (Lipinski definition) is 5. The van der Waals surface area contributed by atoms with Gasteiger partial charge in [0.15, 0.2) is 0 Å². The number of carbonyl (C=O) groups is 1. The molecule has 4 rings (SSSR count). The van der Waals surface area contributed by atoms with Crippen LogP contribution in [0.1, 0.15) is 15.9 Å². The maximum Gasteiger partial charge on any atom is 0.336 e. The molecule has 0 bridgehead atoms. The normalized spacial score (nSPS) is 11.1. The number of aromatic nitrogens is 3. The molecule has 0 saturated carbocycles. The molecule has 2 heterocycles. The standard InChI is InChI=1S/C23H21BrN4O2S/c1-28-10-8-16-18(24)6-4-14(22(16)28)7-9-25-21-12-19(26-13-27-21)15-3-5-17(23(29)30)20(11-15)31-2/h3-6,8,10-13H,7,9H2,1-2H3,(H,29,30)(H,25,26,27). The number of aryl methyl sites for hydroxylation is 1. The SMILES string of the molecule is CSc1cc(-c2cc(NCCc3ccc(Br)c4ccn(C)c34)ncn2)ccc1C(=O)O. The second-order valence-corrected chi connectivity index (χ2v) is 8.78. The third kappa shape index (κ3) is 4.45. The Hall–Kier alpha value is -2.84. The van der Waals surface area contributed by atoms with Crippen molar-refractivity contribution in [3.8, 4) is 11.3 Å². The number of thioether (sulfide) groups is 1. The van der Waals surface area contributed by atoms with Crippen molar-refractivity contribution in [1.82, 2.24) is 14.5 Å². The van der Waals surface area contributed by atoms with Gasteiger partial charge in [0.2, 0.25) is 0 Å². The number of halogens is 1. The van der Waals surface area contributed by atoms with Crippen LogP contribution in [0.3, 0.4) is 0 Å². The van der Waals surface area contributed by atoms with E-state index in [1.54, 1.807) is 12.1 Å². The lowest BCUT2D eigenvalue weighted by Crippen LogP contribution is -2.08. The molecule has 31 heavy (non-hydrogen) atoms. The van der Waals surface area contributed by atoms with Crippen molar-refractivity contribution in [2.45, 2.75) is 11.3 Å². The molecule has 8 heteroatoms. The first-order valence-electron chi connectivity index (χ1n) is 9.68. The van der Waals surface area contributed by atoms with Crippen LogP contribution < -0.4 is 5.32 Å². The molecular weight excluding hydrogens is 476 g/mol. The summed E-state index contributed by atoms with van der Waals surface area (Å²) in [4.78, 5) is 20.8. The van der Waals surface area contributed by atoms with Gasteiger partial charge < -0.3 is 15.0 Å². The zero-order valence-corrected chi connectivity index (χ0v) is 19.5. The van der Waals surface area contributed by atoms with Gasteiger partial charge in [0, 0.05) is 46.2 Å². The van der Waals surface area contributed by atoms with Crippen molar-refractivity contribution < 1.29 is 9.90 Å². The lowest BCUT2D eigenvalue weighted by Gasteiger charge is -2.11. The number of anilines is 1. The van der Waals surface area contributed by atoms with E-state index in [1.165, 1.54) is 34.6 Å².